The van der Waals surface area contributed by atoms with Crippen LogP contribution in [0.1, 0.15) is 15.9 Å². The Morgan fingerprint density at radius 2 is 2.22 bits per heavy atom. The summed E-state index contributed by atoms with van der Waals surface area (Å²) in [5, 5.41) is 13.6. The molecule has 1 aromatic carbocycles. The molecule has 1 aromatic heterocycles. The van der Waals surface area contributed by atoms with E-state index in [2.05, 4.69) is 21.2 Å². The van der Waals surface area contributed by atoms with Crippen molar-refractivity contribution in [2.24, 2.45) is 0 Å². The summed E-state index contributed by atoms with van der Waals surface area (Å²) in [4.78, 5) is 11.8. The highest BCUT2D eigenvalue weighted by molar-refractivity contribution is 9.10. The second kappa shape index (κ2) is 5.29. The molecule has 0 aliphatic rings. The topological polar surface area (TPSA) is 52.9 Å². The molecule has 0 saturated heterocycles. The number of halogens is 2. The third-order valence-electron chi connectivity index (χ3n) is 2.19. The zero-order valence-electron chi connectivity index (χ0n) is 8.91. The number of nitrogens with one attached hydrogen (secondary N) is 1. The van der Waals surface area contributed by atoms with E-state index in [9.17, 15) is 9.18 Å². The Hall–Kier alpha value is -1.71. The van der Waals surface area contributed by atoms with Gasteiger partial charge in [-0.1, -0.05) is 0 Å². The van der Waals surface area contributed by atoms with Gasteiger partial charge in [0.05, 0.1) is 10.0 Å². The second-order valence-electron chi connectivity index (χ2n) is 3.36. The Morgan fingerprint density at radius 3 is 2.89 bits per heavy atom. The molecule has 0 radical (unpaired) electrons. The zero-order valence-corrected chi connectivity index (χ0v) is 11.3. The molecule has 0 fully saturated rings. The van der Waals surface area contributed by atoms with Crippen LogP contribution < -0.4 is 5.32 Å². The predicted molar refractivity (Wildman–Crippen MR) is 71.1 cm³/mol. The standard InChI is InChI=1S/C12H6BrFN2OS/c13-9-2-1-7(5-10(9)14)11(17)16-12-8(6-15)3-4-18-12/h1-5H,(H,16,17). The van der Waals surface area contributed by atoms with Gasteiger partial charge < -0.3 is 5.32 Å². The number of carbonyl (C=O) groups is 1. The van der Waals surface area contributed by atoms with Gasteiger partial charge in [0.2, 0.25) is 0 Å². The van der Waals surface area contributed by atoms with Crippen molar-refractivity contribution in [1.29, 1.82) is 5.26 Å². The SMILES string of the molecule is N#Cc1ccsc1NC(=O)c1ccc(Br)c(F)c1. The Morgan fingerprint density at radius 1 is 1.44 bits per heavy atom. The van der Waals surface area contributed by atoms with Crippen molar-refractivity contribution in [3.8, 4) is 6.07 Å². The van der Waals surface area contributed by atoms with E-state index in [0.717, 1.165) is 6.07 Å². The lowest BCUT2D eigenvalue weighted by Gasteiger charge is -2.04. The van der Waals surface area contributed by atoms with Gasteiger partial charge in [-0.2, -0.15) is 5.26 Å². The molecule has 18 heavy (non-hydrogen) atoms. The monoisotopic (exact) mass is 324 g/mol. The summed E-state index contributed by atoms with van der Waals surface area (Å²) >= 11 is 4.26. The number of benzene rings is 1. The number of rotatable bonds is 2. The molecule has 0 atom stereocenters. The third-order valence-corrected chi connectivity index (χ3v) is 3.67. The molecule has 1 amide bonds. The molecule has 2 aromatic rings. The van der Waals surface area contributed by atoms with Gasteiger partial charge in [-0.25, -0.2) is 4.39 Å². The predicted octanol–water partition coefficient (Wildman–Crippen LogP) is 3.77. The molecule has 2 rings (SSSR count). The lowest BCUT2D eigenvalue weighted by Crippen LogP contribution is -2.11. The van der Waals surface area contributed by atoms with Gasteiger partial charge in [-0.05, 0) is 45.6 Å². The Balaban J connectivity index is 2.23. The number of nitriles is 1. The quantitative estimate of drug-likeness (QED) is 0.914. The number of nitrogens with zero attached hydrogens (tertiary/aromatic N) is 1. The molecule has 0 aliphatic carbocycles. The Bertz CT molecular complexity index is 648. The summed E-state index contributed by atoms with van der Waals surface area (Å²) in [6.07, 6.45) is 0. The van der Waals surface area contributed by atoms with E-state index in [1.54, 1.807) is 11.4 Å². The highest BCUT2D eigenvalue weighted by atomic mass is 79.9. The van der Waals surface area contributed by atoms with Gasteiger partial charge in [-0.15, -0.1) is 11.3 Å². The van der Waals surface area contributed by atoms with Crippen LogP contribution in [0.25, 0.3) is 0 Å². The van der Waals surface area contributed by atoms with Gasteiger partial charge in [-0.3, -0.25) is 4.79 Å². The van der Waals surface area contributed by atoms with Crippen LogP contribution in [0.15, 0.2) is 34.1 Å². The first-order chi connectivity index (χ1) is 8.61. The fraction of sp³-hybridized carbons (Fsp3) is 0. The molecule has 3 nitrogen and oxygen atoms in total. The average Bonchev–Trinajstić information content (AvgIpc) is 2.79. The van der Waals surface area contributed by atoms with Crippen molar-refractivity contribution < 1.29 is 9.18 Å². The fourth-order valence-corrected chi connectivity index (χ4v) is 2.29. The van der Waals surface area contributed by atoms with E-state index in [-0.39, 0.29) is 5.56 Å². The number of hydrogen-bond acceptors (Lipinski definition) is 3. The highest BCUT2D eigenvalue weighted by Gasteiger charge is 2.11. The first kappa shape index (κ1) is 12.7. The van der Waals surface area contributed by atoms with Crippen LogP contribution in [-0.4, -0.2) is 5.91 Å². The molecule has 0 spiro atoms. The molecule has 0 aliphatic heterocycles. The second-order valence-corrected chi connectivity index (χ2v) is 5.13. The lowest BCUT2D eigenvalue weighted by molar-refractivity contribution is 0.102. The number of amides is 1. The van der Waals surface area contributed by atoms with Gasteiger partial charge >= 0.3 is 0 Å². The number of thiophene rings is 1. The van der Waals surface area contributed by atoms with Crippen LogP contribution in [0.3, 0.4) is 0 Å². The van der Waals surface area contributed by atoms with Crippen molar-refractivity contribution in [1.82, 2.24) is 0 Å². The van der Waals surface area contributed by atoms with Crippen LogP contribution >= 0.6 is 27.3 Å². The van der Waals surface area contributed by atoms with E-state index in [4.69, 9.17) is 5.26 Å². The summed E-state index contributed by atoms with van der Waals surface area (Å²) < 4.78 is 13.6. The average molecular weight is 325 g/mol. The third kappa shape index (κ3) is 2.58. The molecular weight excluding hydrogens is 319 g/mol. The van der Waals surface area contributed by atoms with Crippen LogP contribution in [0.5, 0.6) is 0 Å². The zero-order chi connectivity index (χ0) is 13.1. The van der Waals surface area contributed by atoms with Crippen molar-refractivity contribution in [2.75, 3.05) is 5.32 Å². The summed E-state index contributed by atoms with van der Waals surface area (Å²) in [7, 11) is 0. The van der Waals surface area contributed by atoms with Crippen LogP contribution in [-0.2, 0) is 0 Å². The van der Waals surface area contributed by atoms with Gasteiger partial charge in [0.1, 0.15) is 16.9 Å². The van der Waals surface area contributed by atoms with Crippen LogP contribution in [0, 0.1) is 17.1 Å². The maximum atomic E-state index is 13.3. The molecule has 6 heteroatoms. The van der Waals surface area contributed by atoms with Crippen molar-refractivity contribution in [3.05, 3.63) is 51.1 Å². The summed E-state index contributed by atoms with van der Waals surface area (Å²) in [6, 6.07) is 7.68. The van der Waals surface area contributed by atoms with Crippen LogP contribution in [0.4, 0.5) is 9.39 Å². The number of carbonyl (C=O) groups excluding carboxylic acids is 1. The Kier molecular flexibility index (Phi) is 3.75. The van der Waals surface area contributed by atoms with Gasteiger partial charge in [0.25, 0.3) is 5.91 Å². The van der Waals surface area contributed by atoms with Gasteiger partial charge in [0.15, 0.2) is 0 Å². The number of hydrogen-bond donors (Lipinski definition) is 1. The van der Waals surface area contributed by atoms with E-state index in [0.29, 0.717) is 15.0 Å². The maximum absolute atomic E-state index is 13.3. The van der Waals surface area contributed by atoms with E-state index >= 15 is 0 Å². The minimum absolute atomic E-state index is 0.202. The molecule has 1 heterocycles. The van der Waals surface area contributed by atoms with Crippen molar-refractivity contribution in [3.63, 3.8) is 0 Å². The highest BCUT2D eigenvalue weighted by Crippen LogP contribution is 2.23. The van der Waals surface area contributed by atoms with Gasteiger partial charge in [0, 0.05) is 5.56 Å². The molecule has 1 N–H and O–H groups in total. The summed E-state index contributed by atoms with van der Waals surface area (Å²) in [5.41, 5.74) is 0.596. The minimum Gasteiger partial charge on any atom is -0.312 e. The summed E-state index contributed by atoms with van der Waals surface area (Å²) in [6.45, 7) is 0. The van der Waals surface area contributed by atoms with Crippen molar-refractivity contribution >= 4 is 38.2 Å². The molecule has 0 unspecified atom stereocenters. The molecule has 90 valence electrons. The largest absolute Gasteiger partial charge is 0.312 e. The fourth-order valence-electron chi connectivity index (χ4n) is 1.31. The first-order valence-corrected chi connectivity index (χ1v) is 6.53. The van der Waals surface area contributed by atoms with E-state index in [1.807, 2.05) is 6.07 Å². The smallest absolute Gasteiger partial charge is 0.256 e. The molecule has 0 bridgehead atoms. The van der Waals surface area contributed by atoms with Crippen molar-refractivity contribution in [2.45, 2.75) is 0 Å². The van der Waals surface area contributed by atoms with E-state index in [1.165, 1.54) is 23.5 Å². The Labute approximate surface area is 115 Å². The lowest BCUT2D eigenvalue weighted by atomic mass is 10.2. The normalized spacial score (nSPS) is 9.83. The first-order valence-electron chi connectivity index (χ1n) is 4.86. The minimum atomic E-state index is -0.505. The van der Waals surface area contributed by atoms with Crippen LogP contribution in [0.2, 0.25) is 0 Å². The van der Waals surface area contributed by atoms with E-state index < -0.39 is 11.7 Å². The summed E-state index contributed by atoms with van der Waals surface area (Å²) in [5.74, 6) is -0.949. The molecular formula is C12H6BrFN2OS. The maximum Gasteiger partial charge on any atom is 0.256 e. The molecule has 0 saturated carbocycles. The number of anilines is 1.